The highest BCUT2D eigenvalue weighted by Gasteiger charge is 2.19. The molecule has 3 aromatic rings. The van der Waals surface area contributed by atoms with Gasteiger partial charge < -0.3 is 0 Å². The minimum atomic E-state index is 0.599. The summed E-state index contributed by atoms with van der Waals surface area (Å²) in [4.78, 5) is 4.28. The molecule has 1 aromatic carbocycles. The number of fused-ring (bicyclic) bond motifs is 1. The maximum Gasteiger partial charge on any atom is 0.222 e. The number of benzene rings is 1. The molecule has 2 nitrogen and oxygen atoms in total. The van der Waals surface area contributed by atoms with Crippen molar-refractivity contribution in [3.05, 3.63) is 59.5 Å². The SMILES string of the molecule is [2H]c1c(C)[n+](C)c(-c2cnccc2C)c2ccc(C)cc12. The van der Waals surface area contributed by atoms with Gasteiger partial charge in [-0.3, -0.25) is 4.98 Å². The summed E-state index contributed by atoms with van der Waals surface area (Å²) in [6, 6.07) is 8.94. The van der Waals surface area contributed by atoms with E-state index in [2.05, 4.69) is 41.6 Å². The fraction of sp³-hybridized carbons (Fsp3) is 0.222. The van der Waals surface area contributed by atoms with Crippen LogP contribution in [0.15, 0.2) is 42.7 Å². The van der Waals surface area contributed by atoms with Gasteiger partial charge in [0.1, 0.15) is 7.05 Å². The van der Waals surface area contributed by atoms with Crippen LogP contribution >= 0.6 is 0 Å². The molecule has 0 atom stereocenters. The molecular formula is C18H19N2+. The molecule has 0 aliphatic heterocycles. The predicted molar refractivity (Wildman–Crippen MR) is 82.6 cm³/mol. The van der Waals surface area contributed by atoms with Crippen LogP contribution in [0, 0.1) is 20.8 Å². The van der Waals surface area contributed by atoms with Crippen molar-refractivity contribution < 1.29 is 5.94 Å². The lowest BCUT2D eigenvalue weighted by atomic mass is 9.99. The van der Waals surface area contributed by atoms with Gasteiger partial charge in [0.15, 0.2) is 5.69 Å². The third-order valence-electron chi connectivity index (χ3n) is 3.88. The maximum atomic E-state index is 8.40. The first-order valence-corrected chi connectivity index (χ1v) is 6.81. The van der Waals surface area contributed by atoms with Gasteiger partial charge in [0.25, 0.3) is 0 Å². The molecule has 0 saturated heterocycles. The van der Waals surface area contributed by atoms with E-state index in [1.807, 2.05) is 32.4 Å². The molecule has 0 N–H and O–H groups in total. The van der Waals surface area contributed by atoms with Gasteiger partial charge in [-0.15, -0.1) is 0 Å². The van der Waals surface area contributed by atoms with E-state index in [-0.39, 0.29) is 0 Å². The van der Waals surface area contributed by atoms with Crippen molar-refractivity contribution in [3.8, 4) is 11.3 Å². The molecule has 3 rings (SSSR count). The standard InChI is InChI=1S/C18H19N2/c1-12-5-6-16-15(9-12)10-14(3)20(4)18(16)17-11-19-8-7-13(17)2/h5-11H,1-4H3/q+1/i10D. The molecule has 100 valence electrons. The van der Waals surface area contributed by atoms with E-state index in [1.165, 1.54) is 11.1 Å². The fourth-order valence-electron chi connectivity index (χ4n) is 2.63. The molecule has 0 aliphatic carbocycles. The monoisotopic (exact) mass is 264 g/mol. The molecule has 20 heavy (non-hydrogen) atoms. The second kappa shape index (κ2) is 4.71. The van der Waals surface area contributed by atoms with Gasteiger partial charge in [-0.1, -0.05) is 17.7 Å². The van der Waals surface area contributed by atoms with Crippen molar-refractivity contribution in [2.24, 2.45) is 7.05 Å². The third-order valence-corrected chi connectivity index (χ3v) is 3.88. The zero-order valence-corrected chi connectivity index (χ0v) is 12.4. The van der Waals surface area contributed by atoms with Crippen LogP contribution in [-0.4, -0.2) is 4.98 Å². The smallest absolute Gasteiger partial charge is 0.222 e. The zero-order chi connectivity index (χ0) is 15.1. The van der Waals surface area contributed by atoms with E-state index in [0.29, 0.717) is 6.04 Å². The number of hydrogen-bond donors (Lipinski definition) is 0. The van der Waals surface area contributed by atoms with E-state index in [0.717, 1.165) is 27.7 Å². The lowest BCUT2D eigenvalue weighted by Gasteiger charge is -2.09. The molecule has 0 bridgehead atoms. The molecule has 2 heteroatoms. The summed E-state index contributed by atoms with van der Waals surface area (Å²) in [5.74, 6) is 0. The number of nitrogens with zero attached hydrogens (tertiary/aromatic N) is 2. The van der Waals surface area contributed by atoms with Gasteiger partial charge in [-0.2, -0.15) is 4.57 Å². The van der Waals surface area contributed by atoms with E-state index >= 15 is 0 Å². The van der Waals surface area contributed by atoms with Crippen LogP contribution in [0.3, 0.4) is 0 Å². The van der Waals surface area contributed by atoms with E-state index in [1.54, 1.807) is 0 Å². The summed E-state index contributed by atoms with van der Waals surface area (Å²) in [6.07, 6.45) is 3.73. The fourth-order valence-corrected chi connectivity index (χ4v) is 2.63. The van der Waals surface area contributed by atoms with Crippen molar-refractivity contribution in [2.75, 3.05) is 0 Å². The number of aromatic nitrogens is 2. The van der Waals surface area contributed by atoms with Crippen LogP contribution in [0.4, 0.5) is 0 Å². The number of pyridine rings is 2. The average Bonchev–Trinajstić information content (AvgIpc) is 2.47. The molecule has 0 amide bonds. The Morgan fingerprint density at radius 2 is 1.95 bits per heavy atom. The summed E-state index contributed by atoms with van der Waals surface area (Å²) in [5, 5.41) is 2.11. The second-order valence-electron chi connectivity index (χ2n) is 5.36. The van der Waals surface area contributed by atoms with Crippen LogP contribution in [0.2, 0.25) is 0 Å². The summed E-state index contributed by atoms with van der Waals surface area (Å²) in [7, 11) is 2.02. The molecule has 0 fully saturated rings. The van der Waals surface area contributed by atoms with Crippen LogP contribution in [0.5, 0.6) is 0 Å². The van der Waals surface area contributed by atoms with E-state index in [9.17, 15) is 0 Å². The number of aryl methyl sites for hydroxylation is 2. The number of hydrogen-bond acceptors (Lipinski definition) is 1. The van der Waals surface area contributed by atoms with Gasteiger partial charge >= 0.3 is 0 Å². The molecule has 0 radical (unpaired) electrons. The highest BCUT2D eigenvalue weighted by Crippen LogP contribution is 2.28. The van der Waals surface area contributed by atoms with Gasteiger partial charge in [-0.05, 0) is 36.9 Å². The van der Waals surface area contributed by atoms with Crippen molar-refractivity contribution in [3.63, 3.8) is 0 Å². The molecule has 0 saturated carbocycles. The Labute approximate surface area is 121 Å². The lowest BCUT2D eigenvalue weighted by molar-refractivity contribution is -0.665. The molecule has 2 heterocycles. The quantitative estimate of drug-likeness (QED) is 0.613. The Kier molecular flexibility index (Phi) is 2.73. The van der Waals surface area contributed by atoms with Crippen molar-refractivity contribution >= 4 is 10.8 Å². The number of rotatable bonds is 1. The lowest BCUT2D eigenvalue weighted by Crippen LogP contribution is -2.35. The van der Waals surface area contributed by atoms with Gasteiger partial charge in [-0.25, -0.2) is 0 Å². The first-order valence-electron chi connectivity index (χ1n) is 7.31. The first-order chi connectivity index (χ1) is 10.0. The highest BCUT2D eigenvalue weighted by atomic mass is 14.9. The van der Waals surface area contributed by atoms with Gasteiger partial charge in [0, 0.05) is 25.4 Å². The summed E-state index contributed by atoms with van der Waals surface area (Å²) < 4.78 is 10.5. The topological polar surface area (TPSA) is 16.8 Å². The predicted octanol–water partition coefficient (Wildman–Crippen LogP) is 3.65. The Morgan fingerprint density at radius 1 is 1.15 bits per heavy atom. The zero-order valence-electron chi connectivity index (χ0n) is 13.4. The van der Waals surface area contributed by atoms with Crippen LogP contribution < -0.4 is 4.57 Å². The van der Waals surface area contributed by atoms with Crippen LogP contribution in [-0.2, 0) is 7.05 Å². The third kappa shape index (κ3) is 1.97. The molecule has 2 aromatic heterocycles. The van der Waals surface area contributed by atoms with E-state index < -0.39 is 0 Å². The first kappa shape index (κ1) is 11.6. The molecule has 0 aliphatic rings. The highest BCUT2D eigenvalue weighted by molar-refractivity contribution is 5.94. The van der Waals surface area contributed by atoms with Crippen molar-refractivity contribution in [2.45, 2.75) is 20.8 Å². The largest absolute Gasteiger partial charge is 0.264 e. The second-order valence-corrected chi connectivity index (χ2v) is 5.36. The normalized spacial score (nSPS) is 11.7. The van der Waals surface area contributed by atoms with Crippen molar-refractivity contribution in [1.29, 1.82) is 0 Å². The Hall–Kier alpha value is -2.22. The molecular weight excluding hydrogens is 244 g/mol. The van der Waals surface area contributed by atoms with Crippen LogP contribution in [0.25, 0.3) is 22.0 Å². The summed E-state index contributed by atoms with van der Waals surface area (Å²) in [5.41, 5.74) is 5.59. The minimum Gasteiger partial charge on any atom is -0.264 e. The summed E-state index contributed by atoms with van der Waals surface area (Å²) in [6.45, 7) is 6.16. The van der Waals surface area contributed by atoms with Crippen molar-refractivity contribution in [1.82, 2.24) is 4.98 Å². The Bertz CT molecular complexity index is 853. The molecule has 0 unspecified atom stereocenters. The van der Waals surface area contributed by atoms with Gasteiger partial charge in [0.05, 0.1) is 12.3 Å². The molecule has 0 spiro atoms. The van der Waals surface area contributed by atoms with E-state index in [4.69, 9.17) is 1.37 Å². The average molecular weight is 264 g/mol. The van der Waals surface area contributed by atoms with Crippen LogP contribution in [0.1, 0.15) is 18.2 Å². The summed E-state index contributed by atoms with van der Waals surface area (Å²) >= 11 is 0. The Morgan fingerprint density at radius 3 is 2.70 bits per heavy atom. The minimum absolute atomic E-state index is 0.599. The Balaban J connectivity index is 2.51. The van der Waals surface area contributed by atoms with Gasteiger partial charge in [0.2, 0.25) is 5.69 Å². The maximum absolute atomic E-state index is 8.40.